The summed E-state index contributed by atoms with van der Waals surface area (Å²) in [5.74, 6) is 1.30. The van der Waals surface area contributed by atoms with Crippen LogP contribution >= 0.6 is 0 Å². The maximum Gasteiger partial charge on any atom is 0.254 e. The van der Waals surface area contributed by atoms with E-state index in [1.54, 1.807) is 24.3 Å². The smallest absolute Gasteiger partial charge is 0.254 e. The average molecular weight is 467 g/mol. The number of alkyl halides is 1. The Labute approximate surface area is 198 Å². The van der Waals surface area contributed by atoms with Crippen LogP contribution in [0.3, 0.4) is 0 Å². The van der Waals surface area contributed by atoms with Crippen molar-refractivity contribution in [2.24, 2.45) is 5.73 Å². The van der Waals surface area contributed by atoms with E-state index in [4.69, 9.17) is 20.6 Å². The molecule has 1 aromatic carbocycles. The first-order valence-corrected chi connectivity index (χ1v) is 12.0. The van der Waals surface area contributed by atoms with Gasteiger partial charge in [-0.1, -0.05) is 0 Å². The summed E-state index contributed by atoms with van der Waals surface area (Å²) < 4.78 is 20.0. The zero-order valence-electron chi connectivity index (χ0n) is 19.7. The molecule has 2 aliphatic heterocycles. The number of fused-ring (bicyclic) bond motifs is 1. The first-order chi connectivity index (χ1) is 16.4. The van der Waals surface area contributed by atoms with Gasteiger partial charge in [0.15, 0.2) is 5.65 Å². The van der Waals surface area contributed by atoms with Gasteiger partial charge in [0.2, 0.25) is 6.36 Å². The Hall–Kier alpha value is -3.20. The van der Waals surface area contributed by atoms with Gasteiger partial charge in [0.05, 0.1) is 11.7 Å². The molecule has 1 amide bonds. The van der Waals surface area contributed by atoms with Crippen LogP contribution in [-0.4, -0.2) is 57.4 Å². The zero-order valence-corrected chi connectivity index (χ0v) is 19.7. The predicted molar refractivity (Wildman–Crippen MR) is 128 cm³/mol. The van der Waals surface area contributed by atoms with E-state index in [2.05, 4.69) is 4.90 Å². The third-order valence-corrected chi connectivity index (χ3v) is 6.65. The lowest BCUT2D eigenvalue weighted by Gasteiger charge is -2.34. The first kappa shape index (κ1) is 22.6. The molecule has 3 aromatic rings. The van der Waals surface area contributed by atoms with E-state index in [1.807, 2.05) is 28.6 Å². The van der Waals surface area contributed by atoms with Crippen molar-refractivity contribution in [2.75, 3.05) is 24.5 Å². The molecule has 0 saturated carbocycles. The predicted octanol–water partition coefficient (Wildman–Crippen LogP) is 3.64. The lowest BCUT2D eigenvalue weighted by molar-refractivity contribution is 0.0605. The van der Waals surface area contributed by atoms with Gasteiger partial charge in [0, 0.05) is 56.0 Å². The topological polar surface area (TPSA) is 89.0 Å². The molecule has 9 heteroatoms. The molecule has 1 unspecified atom stereocenters. The highest BCUT2D eigenvalue weighted by molar-refractivity contribution is 5.94. The summed E-state index contributed by atoms with van der Waals surface area (Å²) in [6.45, 7) is 5.75. The van der Waals surface area contributed by atoms with E-state index in [1.165, 1.54) is 6.92 Å². The van der Waals surface area contributed by atoms with Crippen molar-refractivity contribution in [1.29, 1.82) is 0 Å². The fraction of sp³-hybridized carbons (Fsp3) is 0.480. The second-order valence-electron chi connectivity index (χ2n) is 9.31. The third kappa shape index (κ3) is 4.44. The molecule has 4 heterocycles. The maximum atomic E-state index is 13.4. The van der Waals surface area contributed by atoms with Crippen LogP contribution in [0, 0.1) is 6.92 Å². The number of nitrogens with zero attached hydrogens (tertiary/aromatic N) is 5. The van der Waals surface area contributed by atoms with Crippen molar-refractivity contribution in [3.8, 4) is 5.75 Å². The Morgan fingerprint density at radius 3 is 2.71 bits per heavy atom. The Bertz CT molecular complexity index is 1180. The van der Waals surface area contributed by atoms with Gasteiger partial charge in [-0.15, -0.1) is 0 Å². The van der Waals surface area contributed by atoms with Crippen molar-refractivity contribution in [1.82, 2.24) is 19.5 Å². The van der Waals surface area contributed by atoms with Crippen molar-refractivity contribution in [2.45, 2.75) is 58.0 Å². The highest BCUT2D eigenvalue weighted by Gasteiger charge is 2.31. The summed E-state index contributed by atoms with van der Waals surface area (Å²) in [6.07, 6.45) is 4.41. The number of amides is 1. The van der Waals surface area contributed by atoms with Crippen molar-refractivity contribution in [3.05, 3.63) is 53.3 Å². The number of piperidine rings is 1. The van der Waals surface area contributed by atoms with Crippen LogP contribution in [0.1, 0.15) is 60.3 Å². The Kier molecular flexibility index (Phi) is 6.12. The minimum Gasteiger partial charge on any atom is -0.461 e. The molecule has 180 valence electrons. The summed E-state index contributed by atoms with van der Waals surface area (Å²) >= 11 is 0. The summed E-state index contributed by atoms with van der Waals surface area (Å²) in [7, 11) is 0. The van der Waals surface area contributed by atoms with Gasteiger partial charge in [0.25, 0.3) is 5.91 Å². The van der Waals surface area contributed by atoms with E-state index in [0.717, 1.165) is 61.5 Å². The number of ether oxygens (including phenoxy) is 1. The van der Waals surface area contributed by atoms with Gasteiger partial charge >= 0.3 is 0 Å². The van der Waals surface area contributed by atoms with Gasteiger partial charge in [-0.05, 0) is 56.9 Å². The molecular weight excluding hydrogens is 435 g/mol. The molecule has 8 nitrogen and oxygen atoms in total. The number of rotatable bonds is 5. The van der Waals surface area contributed by atoms with Crippen molar-refractivity contribution in [3.63, 3.8) is 0 Å². The summed E-state index contributed by atoms with van der Waals surface area (Å²) in [5.41, 5.74) is 9.33. The molecule has 2 N–H and O–H groups in total. The molecule has 5 rings (SSSR count). The monoisotopic (exact) mass is 466 g/mol. The Morgan fingerprint density at radius 1 is 1.21 bits per heavy atom. The molecule has 0 spiro atoms. The lowest BCUT2D eigenvalue weighted by atomic mass is 9.98. The van der Waals surface area contributed by atoms with Crippen LogP contribution in [0.5, 0.6) is 5.75 Å². The number of carbonyl (C=O) groups is 1. The van der Waals surface area contributed by atoms with Crippen LogP contribution in [0.2, 0.25) is 0 Å². The highest BCUT2D eigenvalue weighted by atomic mass is 19.1. The van der Waals surface area contributed by atoms with Gasteiger partial charge in [-0.2, -0.15) is 5.10 Å². The largest absolute Gasteiger partial charge is 0.461 e. The number of carbonyl (C=O) groups excluding carboxylic acids is 1. The number of anilines is 1. The summed E-state index contributed by atoms with van der Waals surface area (Å²) in [4.78, 5) is 22.4. The van der Waals surface area contributed by atoms with Crippen LogP contribution < -0.4 is 15.4 Å². The molecule has 2 aliphatic rings. The standard InChI is InChI=1S/C25H31FN6O2/c1-16-14-32-23(28-24(16)30-12-10-19(27)15-30)13-21(29-32)22-5-3-4-11-31(22)25(33)18-6-8-20(9-7-18)34-17(2)26/h6-9,13-14,17,19,22H,3-5,10-12,15,27H2,1-2H3/t17?,19-,22-/m0/s1. The zero-order chi connectivity index (χ0) is 23.8. The third-order valence-electron chi connectivity index (χ3n) is 6.65. The van der Waals surface area contributed by atoms with Crippen molar-refractivity contribution >= 4 is 17.4 Å². The lowest BCUT2D eigenvalue weighted by Crippen LogP contribution is -2.38. The summed E-state index contributed by atoms with van der Waals surface area (Å²) in [5, 5.41) is 4.81. The van der Waals surface area contributed by atoms with Crippen LogP contribution in [0.4, 0.5) is 10.2 Å². The number of halogens is 1. The number of hydrogen-bond donors (Lipinski definition) is 1. The molecule has 0 radical (unpaired) electrons. The molecule has 2 saturated heterocycles. The van der Waals surface area contributed by atoms with E-state index in [9.17, 15) is 9.18 Å². The number of aromatic nitrogens is 3. The average Bonchev–Trinajstić information content (AvgIpc) is 3.43. The van der Waals surface area contributed by atoms with Crippen LogP contribution in [0.25, 0.3) is 5.65 Å². The molecule has 2 aromatic heterocycles. The SMILES string of the molecule is Cc1cn2nc([C@@H]3CCCCN3C(=O)c3ccc(OC(C)F)cc3)cc2nc1N1CC[C@H](N)C1. The molecule has 2 fully saturated rings. The minimum absolute atomic E-state index is 0.0579. The number of nitrogens with two attached hydrogens (primary N) is 1. The fourth-order valence-electron chi connectivity index (χ4n) is 4.99. The highest BCUT2D eigenvalue weighted by Crippen LogP contribution is 2.33. The number of benzene rings is 1. The van der Waals surface area contributed by atoms with Gasteiger partial charge < -0.3 is 20.3 Å². The maximum absolute atomic E-state index is 13.4. The quantitative estimate of drug-likeness (QED) is 0.618. The van der Waals surface area contributed by atoms with Gasteiger partial charge in [-0.25, -0.2) is 13.9 Å². The van der Waals surface area contributed by atoms with Crippen LogP contribution in [0.15, 0.2) is 36.5 Å². The summed E-state index contributed by atoms with van der Waals surface area (Å²) in [6, 6.07) is 8.70. The number of aryl methyl sites for hydroxylation is 1. The second kappa shape index (κ2) is 9.21. The molecule has 0 aliphatic carbocycles. The number of hydrogen-bond acceptors (Lipinski definition) is 6. The van der Waals surface area contributed by atoms with Crippen molar-refractivity contribution < 1.29 is 13.9 Å². The minimum atomic E-state index is -1.40. The first-order valence-electron chi connectivity index (χ1n) is 12.0. The Balaban J connectivity index is 1.41. The van der Waals surface area contributed by atoms with E-state index in [-0.39, 0.29) is 18.0 Å². The van der Waals surface area contributed by atoms with Gasteiger partial charge in [0.1, 0.15) is 11.6 Å². The van der Waals surface area contributed by atoms with Crippen LogP contribution in [-0.2, 0) is 0 Å². The van der Waals surface area contributed by atoms with E-state index in [0.29, 0.717) is 17.9 Å². The molecule has 0 bridgehead atoms. The normalized spacial score (nSPS) is 21.8. The van der Waals surface area contributed by atoms with E-state index >= 15 is 0 Å². The van der Waals surface area contributed by atoms with E-state index < -0.39 is 6.36 Å². The Morgan fingerprint density at radius 2 is 2.00 bits per heavy atom. The molecular formula is C25H31FN6O2. The van der Waals surface area contributed by atoms with Gasteiger partial charge in [-0.3, -0.25) is 4.79 Å². The fourth-order valence-corrected chi connectivity index (χ4v) is 4.99. The number of likely N-dealkylation sites (tertiary alicyclic amines) is 1. The molecule has 3 atom stereocenters. The second-order valence-corrected chi connectivity index (χ2v) is 9.31. The molecule has 34 heavy (non-hydrogen) atoms.